The Morgan fingerprint density at radius 3 is 2.55 bits per heavy atom. The van der Waals surface area contributed by atoms with Gasteiger partial charge in [-0.15, -0.1) is 0 Å². The van der Waals surface area contributed by atoms with E-state index in [2.05, 4.69) is 20.8 Å². The molecule has 64 valence electrons. The molecule has 0 N–H and O–H groups in total. The lowest BCUT2D eigenvalue weighted by Gasteiger charge is -2.10. The summed E-state index contributed by atoms with van der Waals surface area (Å²) in [4.78, 5) is 0. The lowest BCUT2D eigenvalue weighted by molar-refractivity contribution is 0.525. The Hall–Kier alpha value is -0.260. The zero-order valence-corrected chi connectivity index (χ0v) is 8.11. The first-order chi connectivity index (χ1) is 5.25. The average Bonchev–Trinajstić information content (AvgIpc) is 2.31. The maximum absolute atomic E-state index is 2.32. The van der Waals surface area contributed by atoms with E-state index in [0.717, 1.165) is 5.92 Å². The molecule has 0 aromatic rings. The molecule has 0 amide bonds. The van der Waals surface area contributed by atoms with Crippen molar-refractivity contribution >= 4 is 0 Å². The van der Waals surface area contributed by atoms with Crippen LogP contribution in [0.2, 0.25) is 0 Å². The first-order valence-electron chi connectivity index (χ1n) is 4.92. The van der Waals surface area contributed by atoms with E-state index in [4.69, 9.17) is 0 Å². The van der Waals surface area contributed by atoms with Crippen molar-refractivity contribution < 1.29 is 0 Å². The van der Waals surface area contributed by atoms with Crippen LogP contribution in [0.1, 0.15) is 52.9 Å². The van der Waals surface area contributed by atoms with Gasteiger partial charge in [-0.1, -0.05) is 30.9 Å². The van der Waals surface area contributed by atoms with Crippen LogP contribution < -0.4 is 0 Å². The second-order valence-electron chi connectivity index (χ2n) is 3.84. The minimum absolute atomic E-state index is 0.940. The van der Waals surface area contributed by atoms with Crippen molar-refractivity contribution in [3.63, 3.8) is 0 Å². The van der Waals surface area contributed by atoms with Crippen molar-refractivity contribution in [3.05, 3.63) is 11.1 Å². The van der Waals surface area contributed by atoms with E-state index in [0.29, 0.717) is 0 Å². The van der Waals surface area contributed by atoms with Gasteiger partial charge in [0.05, 0.1) is 0 Å². The number of hydrogen-bond acceptors (Lipinski definition) is 0. The second-order valence-corrected chi connectivity index (χ2v) is 3.84. The Kier molecular flexibility index (Phi) is 3.16. The second kappa shape index (κ2) is 3.94. The lowest BCUT2D eigenvalue weighted by atomic mass is 9.96. The van der Waals surface area contributed by atoms with E-state index < -0.39 is 0 Å². The molecule has 0 fully saturated rings. The van der Waals surface area contributed by atoms with Crippen LogP contribution in [0, 0.1) is 5.92 Å². The van der Waals surface area contributed by atoms with E-state index >= 15 is 0 Å². The average molecular weight is 152 g/mol. The van der Waals surface area contributed by atoms with Gasteiger partial charge in [0.1, 0.15) is 0 Å². The highest BCUT2D eigenvalue weighted by atomic mass is 14.2. The Morgan fingerprint density at radius 2 is 2.09 bits per heavy atom. The Labute approximate surface area is 70.7 Å². The smallest absolute Gasteiger partial charge is 0.0200 e. The van der Waals surface area contributed by atoms with Crippen LogP contribution in [0.5, 0.6) is 0 Å². The predicted molar refractivity (Wildman–Crippen MR) is 50.6 cm³/mol. The molecule has 0 aromatic carbocycles. The quantitative estimate of drug-likeness (QED) is 0.538. The molecule has 1 unspecified atom stereocenters. The van der Waals surface area contributed by atoms with Crippen molar-refractivity contribution in [1.29, 1.82) is 0 Å². The minimum Gasteiger partial charge on any atom is -0.0741 e. The van der Waals surface area contributed by atoms with Crippen LogP contribution >= 0.6 is 0 Å². The summed E-state index contributed by atoms with van der Waals surface area (Å²) >= 11 is 0. The molecule has 0 radical (unpaired) electrons. The third kappa shape index (κ3) is 2.08. The highest BCUT2D eigenvalue weighted by Gasteiger charge is 2.18. The fraction of sp³-hybridized carbons (Fsp3) is 0.818. The van der Waals surface area contributed by atoms with Crippen LogP contribution in [0.3, 0.4) is 0 Å². The summed E-state index contributed by atoms with van der Waals surface area (Å²) in [7, 11) is 0. The molecule has 0 spiro atoms. The summed E-state index contributed by atoms with van der Waals surface area (Å²) in [6.07, 6.45) is 6.98. The van der Waals surface area contributed by atoms with E-state index in [-0.39, 0.29) is 0 Å². The largest absolute Gasteiger partial charge is 0.0741 e. The molecule has 0 heteroatoms. The molecular formula is C11H20. The van der Waals surface area contributed by atoms with E-state index in [1.807, 2.05) is 0 Å². The maximum Gasteiger partial charge on any atom is -0.0200 e. The van der Waals surface area contributed by atoms with Crippen LogP contribution in [0.4, 0.5) is 0 Å². The van der Waals surface area contributed by atoms with Gasteiger partial charge in [-0.05, 0) is 39.0 Å². The lowest BCUT2D eigenvalue weighted by Crippen LogP contribution is -1.95. The summed E-state index contributed by atoms with van der Waals surface area (Å²) in [5.41, 5.74) is 3.35. The molecule has 1 atom stereocenters. The highest BCUT2D eigenvalue weighted by molar-refractivity contribution is 5.18. The summed E-state index contributed by atoms with van der Waals surface area (Å²) in [6, 6.07) is 0. The Morgan fingerprint density at radius 1 is 1.36 bits per heavy atom. The number of allylic oxidation sites excluding steroid dienone is 2. The fourth-order valence-electron chi connectivity index (χ4n) is 1.96. The van der Waals surface area contributed by atoms with Crippen LogP contribution in [0.15, 0.2) is 11.1 Å². The molecule has 1 rings (SSSR count). The van der Waals surface area contributed by atoms with Gasteiger partial charge in [-0.3, -0.25) is 0 Å². The molecule has 0 saturated heterocycles. The van der Waals surface area contributed by atoms with Gasteiger partial charge in [0, 0.05) is 0 Å². The predicted octanol–water partition coefficient (Wildman–Crippen LogP) is 3.92. The van der Waals surface area contributed by atoms with Gasteiger partial charge in [-0.25, -0.2) is 0 Å². The third-order valence-electron chi connectivity index (χ3n) is 3.06. The van der Waals surface area contributed by atoms with Gasteiger partial charge in [-0.2, -0.15) is 0 Å². The van der Waals surface area contributed by atoms with E-state index in [1.165, 1.54) is 32.1 Å². The van der Waals surface area contributed by atoms with Crippen molar-refractivity contribution in [2.45, 2.75) is 52.9 Å². The van der Waals surface area contributed by atoms with Crippen LogP contribution in [0.25, 0.3) is 0 Å². The van der Waals surface area contributed by atoms with Crippen molar-refractivity contribution in [2.24, 2.45) is 5.92 Å². The van der Waals surface area contributed by atoms with E-state index in [1.54, 1.807) is 11.1 Å². The van der Waals surface area contributed by atoms with Crippen LogP contribution in [-0.4, -0.2) is 0 Å². The summed E-state index contributed by atoms with van der Waals surface area (Å²) in [6.45, 7) is 6.89. The van der Waals surface area contributed by atoms with Gasteiger partial charge < -0.3 is 0 Å². The minimum atomic E-state index is 0.940. The molecule has 0 nitrogen and oxygen atoms in total. The zero-order valence-electron chi connectivity index (χ0n) is 8.11. The third-order valence-corrected chi connectivity index (χ3v) is 3.06. The molecule has 0 aliphatic heterocycles. The molecule has 11 heavy (non-hydrogen) atoms. The van der Waals surface area contributed by atoms with Crippen molar-refractivity contribution in [1.82, 2.24) is 0 Å². The monoisotopic (exact) mass is 152 g/mol. The first-order valence-corrected chi connectivity index (χ1v) is 4.92. The fourth-order valence-corrected chi connectivity index (χ4v) is 1.96. The first kappa shape index (κ1) is 8.83. The van der Waals surface area contributed by atoms with Gasteiger partial charge in [0.15, 0.2) is 0 Å². The van der Waals surface area contributed by atoms with Gasteiger partial charge in [0.25, 0.3) is 0 Å². The molecule has 0 heterocycles. The number of rotatable bonds is 3. The molecule has 1 aliphatic rings. The Bertz CT molecular complexity index is 153. The molecular weight excluding hydrogens is 132 g/mol. The van der Waals surface area contributed by atoms with Crippen molar-refractivity contribution in [2.75, 3.05) is 0 Å². The number of unbranched alkanes of at least 4 members (excludes halogenated alkanes) is 1. The summed E-state index contributed by atoms with van der Waals surface area (Å²) < 4.78 is 0. The standard InChI is InChI=1S/C11H20/c1-4-5-6-11-8-7-9(2)10(11)3/h11H,4-8H2,1-3H3. The van der Waals surface area contributed by atoms with Gasteiger partial charge in [0.2, 0.25) is 0 Å². The summed E-state index contributed by atoms with van der Waals surface area (Å²) in [5, 5.41) is 0. The SMILES string of the molecule is CCCCC1CCC(C)=C1C. The maximum atomic E-state index is 2.32. The number of hydrogen-bond donors (Lipinski definition) is 0. The molecule has 0 aromatic heterocycles. The molecule has 1 aliphatic carbocycles. The van der Waals surface area contributed by atoms with Gasteiger partial charge >= 0.3 is 0 Å². The molecule has 0 saturated carbocycles. The zero-order chi connectivity index (χ0) is 8.27. The highest BCUT2D eigenvalue weighted by Crippen LogP contribution is 2.34. The van der Waals surface area contributed by atoms with Crippen molar-refractivity contribution in [3.8, 4) is 0 Å². The summed E-state index contributed by atoms with van der Waals surface area (Å²) in [5.74, 6) is 0.940. The topological polar surface area (TPSA) is 0 Å². The Balaban J connectivity index is 2.37. The molecule has 0 bridgehead atoms. The van der Waals surface area contributed by atoms with E-state index in [9.17, 15) is 0 Å². The van der Waals surface area contributed by atoms with Crippen LogP contribution in [-0.2, 0) is 0 Å². The normalized spacial score (nSPS) is 24.8.